The molecule has 0 aromatic rings. The Hall–Kier alpha value is -1.42. The maximum Gasteiger partial charge on any atom is 0.409 e. The summed E-state index contributed by atoms with van der Waals surface area (Å²) in [6, 6.07) is 0.448. The Morgan fingerprint density at radius 2 is 1.39 bits per heavy atom. The van der Waals surface area contributed by atoms with Gasteiger partial charge < -0.3 is 19.3 Å². The van der Waals surface area contributed by atoms with Gasteiger partial charge in [0.25, 0.3) is 0 Å². The van der Waals surface area contributed by atoms with E-state index in [4.69, 9.17) is 9.47 Å². The van der Waals surface area contributed by atoms with Crippen LogP contribution in [0.2, 0.25) is 0 Å². The molecule has 188 valence electrons. The number of nitrogens with one attached hydrogen (secondary N) is 3. The lowest BCUT2D eigenvalue weighted by Crippen LogP contribution is -2.63. The molecule has 0 spiro atoms. The summed E-state index contributed by atoms with van der Waals surface area (Å²) in [5.74, 6) is 1.88. The van der Waals surface area contributed by atoms with Crippen molar-refractivity contribution >= 4 is 12.0 Å². The molecule has 2 amide bonds. The Balaban J connectivity index is 1.12. The van der Waals surface area contributed by atoms with Gasteiger partial charge in [-0.2, -0.15) is 0 Å². The highest BCUT2D eigenvalue weighted by Crippen LogP contribution is 2.32. The molecule has 2 saturated heterocycles. The van der Waals surface area contributed by atoms with Gasteiger partial charge in [-0.25, -0.2) is 4.79 Å². The smallest absolute Gasteiger partial charge is 0.409 e. The van der Waals surface area contributed by atoms with E-state index in [2.05, 4.69) is 16.0 Å². The molecule has 9 heteroatoms. The van der Waals surface area contributed by atoms with Crippen molar-refractivity contribution in [1.82, 2.24) is 25.8 Å². The standard InChI is InChI=1S/C24H43N5O4/c1-32-21-9-5-17(6-10-21)19-15-25-23(26-16-19)27-20-7-3-18(4-8-20)22(30)28-11-13-29(14-12-28)24(31)33-2/h17-21,23,25-27H,3-16H2,1-2H3. The molecule has 4 rings (SSSR count). The zero-order chi connectivity index (χ0) is 23.2. The predicted octanol–water partition coefficient (Wildman–Crippen LogP) is 1.34. The Morgan fingerprint density at radius 3 is 1.97 bits per heavy atom. The first-order valence-corrected chi connectivity index (χ1v) is 12.9. The maximum atomic E-state index is 13.0. The van der Waals surface area contributed by atoms with Crippen molar-refractivity contribution in [3.63, 3.8) is 0 Å². The van der Waals surface area contributed by atoms with E-state index in [9.17, 15) is 9.59 Å². The third kappa shape index (κ3) is 6.38. The summed E-state index contributed by atoms with van der Waals surface area (Å²) < 4.78 is 10.3. The van der Waals surface area contributed by atoms with Gasteiger partial charge in [0.2, 0.25) is 5.91 Å². The molecule has 0 unspecified atom stereocenters. The molecule has 4 fully saturated rings. The quantitative estimate of drug-likeness (QED) is 0.564. The number of amides is 2. The maximum absolute atomic E-state index is 13.0. The summed E-state index contributed by atoms with van der Waals surface area (Å²) in [6.45, 7) is 4.47. The van der Waals surface area contributed by atoms with Crippen LogP contribution in [0.15, 0.2) is 0 Å². The Bertz CT molecular complexity index is 633. The summed E-state index contributed by atoms with van der Waals surface area (Å²) in [7, 11) is 3.24. The molecule has 0 bridgehead atoms. The lowest BCUT2D eigenvalue weighted by molar-refractivity contribution is -0.138. The molecule has 0 radical (unpaired) electrons. The second-order valence-corrected chi connectivity index (χ2v) is 10.3. The highest BCUT2D eigenvalue weighted by Gasteiger charge is 2.34. The van der Waals surface area contributed by atoms with Crippen molar-refractivity contribution in [2.24, 2.45) is 17.8 Å². The van der Waals surface area contributed by atoms with E-state index in [0.717, 1.165) is 44.7 Å². The van der Waals surface area contributed by atoms with Gasteiger partial charge in [0.15, 0.2) is 0 Å². The predicted molar refractivity (Wildman–Crippen MR) is 125 cm³/mol. The third-order valence-electron chi connectivity index (χ3n) is 8.39. The molecule has 0 aromatic heterocycles. The van der Waals surface area contributed by atoms with Crippen LogP contribution in [0, 0.1) is 17.8 Å². The Labute approximate surface area is 198 Å². The summed E-state index contributed by atoms with van der Waals surface area (Å²) in [4.78, 5) is 28.2. The van der Waals surface area contributed by atoms with Crippen LogP contribution in [0.1, 0.15) is 51.4 Å². The molecule has 3 N–H and O–H groups in total. The number of piperazine rings is 1. The van der Waals surface area contributed by atoms with E-state index in [1.165, 1.54) is 32.8 Å². The monoisotopic (exact) mass is 465 g/mol. The van der Waals surface area contributed by atoms with E-state index in [0.29, 0.717) is 44.2 Å². The third-order valence-corrected chi connectivity index (χ3v) is 8.39. The minimum absolute atomic E-state index is 0.117. The van der Waals surface area contributed by atoms with Crippen LogP contribution in [0.3, 0.4) is 0 Å². The number of hydrogen-bond acceptors (Lipinski definition) is 7. The van der Waals surface area contributed by atoms with Gasteiger partial charge in [-0.15, -0.1) is 0 Å². The second-order valence-electron chi connectivity index (χ2n) is 10.3. The summed E-state index contributed by atoms with van der Waals surface area (Å²) >= 11 is 0. The summed E-state index contributed by atoms with van der Waals surface area (Å²) in [5, 5.41) is 11.1. The minimum atomic E-state index is -0.302. The Morgan fingerprint density at radius 1 is 0.788 bits per heavy atom. The molecule has 9 nitrogen and oxygen atoms in total. The molecule has 0 atom stereocenters. The number of ether oxygens (including phenoxy) is 2. The van der Waals surface area contributed by atoms with Gasteiger partial charge >= 0.3 is 6.09 Å². The van der Waals surface area contributed by atoms with Gasteiger partial charge in [-0.3, -0.25) is 20.7 Å². The van der Waals surface area contributed by atoms with Crippen LogP contribution in [0.5, 0.6) is 0 Å². The van der Waals surface area contributed by atoms with Crippen LogP contribution in [-0.2, 0) is 14.3 Å². The lowest BCUT2D eigenvalue weighted by Gasteiger charge is -2.41. The molecule has 0 aromatic carbocycles. The lowest BCUT2D eigenvalue weighted by atomic mass is 9.78. The van der Waals surface area contributed by atoms with Gasteiger partial charge in [0.1, 0.15) is 6.29 Å². The van der Waals surface area contributed by atoms with Crippen molar-refractivity contribution in [1.29, 1.82) is 0 Å². The van der Waals surface area contributed by atoms with E-state index < -0.39 is 0 Å². The number of carbonyl (C=O) groups is 2. The average Bonchev–Trinajstić information content (AvgIpc) is 2.89. The molecular weight excluding hydrogens is 422 g/mol. The SMILES string of the molecule is COC(=O)N1CCN(C(=O)C2CCC(NC3NCC(C4CCC(OC)CC4)CN3)CC2)CC1. The molecule has 2 aliphatic heterocycles. The van der Waals surface area contributed by atoms with Gasteiger partial charge in [-0.1, -0.05) is 0 Å². The van der Waals surface area contributed by atoms with Crippen LogP contribution < -0.4 is 16.0 Å². The largest absolute Gasteiger partial charge is 0.453 e. The molecule has 2 saturated carbocycles. The van der Waals surface area contributed by atoms with Crippen LogP contribution in [-0.4, -0.2) is 93.7 Å². The summed E-state index contributed by atoms with van der Waals surface area (Å²) in [5.41, 5.74) is 0. The van der Waals surface area contributed by atoms with E-state index in [1.807, 2.05) is 12.0 Å². The molecule has 4 aliphatic rings. The molecular formula is C24H43N5O4. The highest BCUT2D eigenvalue weighted by atomic mass is 16.5. The van der Waals surface area contributed by atoms with Crippen molar-refractivity contribution in [2.45, 2.75) is 69.8 Å². The fourth-order valence-corrected chi connectivity index (χ4v) is 6.17. The summed E-state index contributed by atoms with van der Waals surface area (Å²) in [6.07, 6.45) is 9.21. The zero-order valence-corrected chi connectivity index (χ0v) is 20.4. The van der Waals surface area contributed by atoms with Crippen molar-refractivity contribution in [3.8, 4) is 0 Å². The number of nitrogens with zero attached hydrogens (tertiary/aromatic N) is 2. The molecule has 2 heterocycles. The Kier molecular flexibility index (Phi) is 8.85. The molecule has 2 aliphatic carbocycles. The van der Waals surface area contributed by atoms with Gasteiger partial charge in [-0.05, 0) is 63.2 Å². The fraction of sp³-hybridized carbons (Fsp3) is 0.917. The number of hydrogen-bond donors (Lipinski definition) is 3. The van der Waals surface area contributed by atoms with Crippen molar-refractivity contribution < 1.29 is 19.1 Å². The number of carbonyl (C=O) groups excluding carboxylic acids is 2. The van der Waals surface area contributed by atoms with Crippen molar-refractivity contribution in [3.05, 3.63) is 0 Å². The molecule has 33 heavy (non-hydrogen) atoms. The van der Waals surface area contributed by atoms with Crippen LogP contribution >= 0.6 is 0 Å². The first-order valence-electron chi connectivity index (χ1n) is 12.9. The van der Waals surface area contributed by atoms with Crippen molar-refractivity contribution in [2.75, 3.05) is 53.5 Å². The van der Waals surface area contributed by atoms with E-state index in [-0.39, 0.29) is 24.2 Å². The van der Waals surface area contributed by atoms with Crippen LogP contribution in [0.4, 0.5) is 4.79 Å². The number of methoxy groups -OCH3 is 2. The zero-order valence-electron chi connectivity index (χ0n) is 20.4. The first-order chi connectivity index (χ1) is 16.1. The fourth-order valence-electron chi connectivity index (χ4n) is 6.17. The first kappa shape index (κ1) is 24.7. The van der Waals surface area contributed by atoms with E-state index >= 15 is 0 Å². The normalized spacial score (nSPS) is 35.8. The minimum Gasteiger partial charge on any atom is -0.453 e. The van der Waals surface area contributed by atoms with E-state index in [1.54, 1.807) is 4.90 Å². The average molecular weight is 466 g/mol. The second kappa shape index (κ2) is 11.8. The highest BCUT2D eigenvalue weighted by molar-refractivity contribution is 5.79. The van der Waals surface area contributed by atoms with Gasteiger partial charge in [0.05, 0.1) is 13.2 Å². The van der Waals surface area contributed by atoms with Gasteiger partial charge in [0, 0.05) is 58.3 Å². The topological polar surface area (TPSA) is 95.2 Å². The number of rotatable bonds is 5. The van der Waals surface area contributed by atoms with Crippen LogP contribution in [0.25, 0.3) is 0 Å².